The highest BCUT2D eigenvalue weighted by Gasteiger charge is 2.09. The SMILES string of the molecule is CCc1nc(NCCCOc2ccccc2)c2cc(C)sc2n1. The van der Waals surface area contributed by atoms with Gasteiger partial charge in [0.2, 0.25) is 0 Å². The number of aryl methyl sites for hydroxylation is 2. The first-order valence-corrected chi connectivity index (χ1v) is 8.76. The van der Waals surface area contributed by atoms with Crippen LogP contribution in [-0.4, -0.2) is 23.1 Å². The number of fused-ring (bicyclic) bond motifs is 1. The van der Waals surface area contributed by atoms with E-state index in [2.05, 4.69) is 35.2 Å². The fraction of sp³-hybridized carbons (Fsp3) is 0.333. The van der Waals surface area contributed by atoms with Crippen LogP contribution in [0.4, 0.5) is 5.82 Å². The molecule has 0 amide bonds. The molecule has 2 aromatic heterocycles. The number of hydrogen-bond donors (Lipinski definition) is 1. The number of para-hydroxylation sites is 1. The van der Waals surface area contributed by atoms with E-state index in [-0.39, 0.29) is 0 Å². The second-order valence-corrected chi connectivity index (χ2v) is 6.59. The van der Waals surface area contributed by atoms with E-state index in [9.17, 15) is 0 Å². The monoisotopic (exact) mass is 327 g/mol. The molecule has 0 radical (unpaired) electrons. The number of nitrogens with one attached hydrogen (secondary N) is 1. The van der Waals surface area contributed by atoms with E-state index in [0.29, 0.717) is 6.61 Å². The summed E-state index contributed by atoms with van der Waals surface area (Å²) in [6.45, 7) is 5.71. The topological polar surface area (TPSA) is 47.0 Å². The Labute approximate surface area is 140 Å². The first-order chi connectivity index (χ1) is 11.3. The summed E-state index contributed by atoms with van der Waals surface area (Å²) in [5.41, 5.74) is 0. The van der Waals surface area contributed by atoms with E-state index in [1.165, 1.54) is 4.88 Å². The molecule has 0 aliphatic heterocycles. The molecule has 0 saturated heterocycles. The zero-order chi connectivity index (χ0) is 16.1. The molecule has 4 nitrogen and oxygen atoms in total. The maximum Gasteiger partial charge on any atom is 0.138 e. The van der Waals surface area contributed by atoms with Crippen LogP contribution in [0.15, 0.2) is 36.4 Å². The van der Waals surface area contributed by atoms with E-state index in [0.717, 1.165) is 47.0 Å². The lowest BCUT2D eigenvalue weighted by atomic mass is 10.3. The molecule has 3 aromatic rings. The van der Waals surface area contributed by atoms with Gasteiger partial charge >= 0.3 is 0 Å². The van der Waals surface area contributed by atoms with Crippen LogP contribution in [0, 0.1) is 6.92 Å². The largest absolute Gasteiger partial charge is 0.494 e. The minimum atomic E-state index is 0.689. The van der Waals surface area contributed by atoms with Crippen LogP contribution in [0.5, 0.6) is 5.75 Å². The van der Waals surface area contributed by atoms with Crippen molar-refractivity contribution >= 4 is 27.4 Å². The molecule has 0 spiro atoms. The lowest BCUT2D eigenvalue weighted by Gasteiger charge is -2.09. The summed E-state index contributed by atoms with van der Waals surface area (Å²) in [4.78, 5) is 11.6. The minimum absolute atomic E-state index is 0.689. The molecule has 1 aromatic carbocycles. The zero-order valence-electron chi connectivity index (χ0n) is 13.5. The summed E-state index contributed by atoms with van der Waals surface area (Å²) in [7, 11) is 0. The van der Waals surface area contributed by atoms with Gasteiger partial charge in [-0.05, 0) is 31.5 Å². The normalized spacial score (nSPS) is 10.9. The molecule has 0 unspecified atom stereocenters. The van der Waals surface area contributed by atoms with Gasteiger partial charge in [-0.3, -0.25) is 0 Å². The van der Waals surface area contributed by atoms with Gasteiger partial charge < -0.3 is 10.1 Å². The lowest BCUT2D eigenvalue weighted by molar-refractivity contribution is 0.315. The Hall–Kier alpha value is -2.14. The number of rotatable bonds is 7. The smallest absolute Gasteiger partial charge is 0.138 e. The fourth-order valence-corrected chi connectivity index (χ4v) is 3.26. The van der Waals surface area contributed by atoms with Crippen molar-refractivity contribution in [1.29, 1.82) is 0 Å². The van der Waals surface area contributed by atoms with Gasteiger partial charge in [0.15, 0.2) is 0 Å². The third-order valence-electron chi connectivity index (χ3n) is 3.50. The Morgan fingerprint density at radius 2 is 2.00 bits per heavy atom. The maximum atomic E-state index is 5.71. The third-order valence-corrected chi connectivity index (χ3v) is 4.45. The third kappa shape index (κ3) is 3.99. The Kier molecular flexibility index (Phi) is 5.08. The van der Waals surface area contributed by atoms with Crippen molar-refractivity contribution < 1.29 is 4.74 Å². The molecule has 120 valence electrons. The van der Waals surface area contributed by atoms with Crippen LogP contribution in [0.1, 0.15) is 24.0 Å². The van der Waals surface area contributed by atoms with Crippen molar-refractivity contribution in [2.24, 2.45) is 0 Å². The van der Waals surface area contributed by atoms with Crippen LogP contribution in [0.3, 0.4) is 0 Å². The Morgan fingerprint density at radius 1 is 1.17 bits per heavy atom. The standard InChI is InChI=1S/C18H21N3OS/c1-3-16-20-17(15-12-13(2)23-18(15)21-16)19-10-7-11-22-14-8-5-4-6-9-14/h4-6,8-9,12H,3,7,10-11H2,1-2H3,(H,19,20,21). The Bertz CT molecular complexity index is 771. The van der Waals surface area contributed by atoms with Crippen LogP contribution in [-0.2, 0) is 6.42 Å². The van der Waals surface area contributed by atoms with Crippen molar-refractivity contribution in [1.82, 2.24) is 9.97 Å². The van der Waals surface area contributed by atoms with E-state index in [1.807, 2.05) is 30.3 Å². The summed E-state index contributed by atoms with van der Waals surface area (Å²) in [6, 6.07) is 12.1. The molecule has 0 fully saturated rings. The molecule has 0 bridgehead atoms. The van der Waals surface area contributed by atoms with Gasteiger partial charge in [0.25, 0.3) is 0 Å². The quantitative estimate of drug-likeness (QED) is 0.652. The van der Waals surface area contributed by atoms with Crippen molar-refractivity contribution in [2.75, 3.05) is 18.5 Å². The molecule has 3 rings (SSSR count). The predicted octanol–water partition coefficient (Wildman–Crippen LogP) is 4.44. The molecular weight excluding hydrogens is 306 g/mol. The highest BCUT2D eigenvalue weighted by molar-refractivity contribution is 7.18. The highest BCUT2D eigenvalue weighted by Crippen LogP contribution is 2.28. The number of nitrogens with zero attached hydrogens (tertiary/aromatic N) is 2. The zero-order valence-corrected chi connectivity index (χ0v) is 14.3. The number of ether oxygens (including phenoxy) is 1. The summed E-state index contributed by atoms with van der Waals surface area (Å²) in [6.07, 6.45) is 1.77. The Morgan fingerprint density at radius 3 is 2.78 bits per heavy atom. The van der Waals surface area contributed by atoms with Crippen molar-refractivity contribution in [3.05, 3.63) is 47.1 Å². The second kappa shape index (κ2) is 7.42. The van der Waals surface area contributed by atoms with E-state index in [4.69, 9.17) is 4.74 Å². The van der Waals surface area contributed by atoms with E-state index in [1.54, 1.807) is 11.3 Å². The molecule has 0 aliphatic carbocycles. The molecular formula is C18H21N3OS. The van der Waals surface area contributed by atoms with Crippen molar-refractivity contribution in [2.45, 2.75) is 26.7 Å². The fourth-order valence-electron chi connectivity index (χ4n) is 2.36. The van der Waals surface area contributed by atoms with Crippen LogP contribution < -0.4 is 10.1 Å². The first-order valence-electron chi connectivity index (χ1n) is 7.95. The predicted molar refractivity (Wildman–Crippen MR) is 96.6 cm³/mol. The molecule has 0 aliphatic rings. The number of anilines is 1. The molecule has 23 heavy (non-hydrogen) atoms. The van der Waals surface area contributed by atoms with E-state index >= 15 is 0 Å². The van der Waals surface area contributed by atoms with Gasteiger partial charge in [-0.15, -0.1) is 11.3 Å². The number of benzene rings is 1. The second-order valence-electron chi connectivity index (χ2n) is 5.36. The lowest BCUT2D eigenvalue weighted by Crippen LogP contribution is -2.09. The molecule has 0 atom stereocenters. The summed E-state index contributed by atoms with van der Waals surface area (Å²) >= 11 is 1.72. The first kappa shape index (κ1) is 15.7. The van der Waals surface area contributed by atoms with Gasteiger partial charge in [0.05, 0.1) is 12.0 Å². The van der Waals surface area contributed by atoms with Crippen LogP contribution in [0.25, 0.3) is 10.2 Å². The minimum Gasteiger partial charge on any atom is -0.494 e. The van der Waals surface area contributed by atoms with Crippen molar-refractivity contribution in [3.63, 3.8) is 0 Å². The number of thiophene rings is 1. The summed E-state index contributed by atoms with van der Waals surface area (Å²) < 4.78 is 5.71. The van der Waals surface area contributed by atoms with Crippen molar-refractivity contribution in [3.8, 4) is 5.75 Å². The molecule has 1 N–H and O–H groups in total. The highest BCUT2D eigenvalue weighted by atomic mass is 32.1. The van der Waals surface area contributed by atoms with Gasteiger partial charge in [0.1, 0.15) is 22.2 Å². The van der Waals surface area contributed by atoms with Crippen LogP contribution >= 0.6 is 11.3 Å². The van der Waals surface area contributed by atoms with Crippen LogP contribution in [0.2, 0.25) is 0 Å². The molecule has 0 saturated carbocycles. The van der Waals surface area contributed by atoms with E-state index < -0.39 is 0 Å². The molecule has 5 heteroatoms. The number of hydrogen-bond acceptors (Lipinski definition) is 5. The van der Waals surface area contributed by atoms with Gasteiger partial charge in [-0.2, -0.15) is 0 Å². The van der Waals surface area contributed by atoms with Gasteiger partial charge in [-0.1, -0.05) is 25.1 Å². The number of aromatic nitrogens is 2. The summed E-state index contributed by atoms with van der Waals surface area (Å²) in [5.74, 6) is 2.75. The average molecular weight is 327 g/mol. The average Bonchev–Trinajstić information content (AvgIpc) is 2.95. The summed E-state index contributed by atoms with van der Waals surface area (Å²) in [5, 5.41) is 4.56. The van der Waals surface area contributed by atoms with Gasteiger partial charge in [-0.25, -0.2) is 9.97 Å². The van der Waals surface area contributed by atoms with Gasteiger partial charge in [0, 0.05) is 17.8 Å². The maximum absolute atomic E-state index is 5.71. The Balaban J connectivity index is 1.58. The molecule has 2 heterocycles.